The van der Waals surface area contributed by atoms with E-state index in [1.165, 1.54) is 5.56 Å². The third-order valence-corrected chi connectivity index (χ3v) is 3.12. The van der Waals surface area contributed by atoms with Crippen molar-refractivity contribution < 1.29 is 0 Å². The van der Waals surface area contributed by atoms with Gasteiger partial charge in [-0.1, -0.05) is 29.3 Å². The van der Waals surface area contributed by atoms with Crippen LogP contribution in [0, 0.1) is 0 Å². The second-order valence-electron chi connectivity index (χ2n) is 3.60. The molecule has 0 unspecified atom stereocenters. The molecule has 0 aliphatic carbocycles. The van der Waals surface area contributed by atoms with E-state index in [4.69, 9.17) is 23.2 Å². The Morgan fingerprint density at radius 1 is 1.28 bits per heavy atom. The Labute approximate surface area is 135 Å². The third kappa shape index (κ3) is 6.11. The molecule has 0 aliphatic rings. The molecule has 0 bridgehead atoms. The molecule has 0 atom stereocenters. The van der Waals surface area contributed by atoms with Gasteiger partial charge in [0.1, 0.15) is 0 Å². The lowest BCUT2D eigenvalue weighted by Crippen LogP contribution is -2.35. The van der Waals surface area contributed by atoms with E-state index in [0.717, 1.165) is 25.3 Å². The minimum atomic E-state index is 0. The summed E-state index contributed by atoms with van der Waals surface area (Å²) in [5.41, 5.74) is 1.20. The molecule has 0 heterocycles. The van der Waals surface area contributed by atoms with Gasteiger partial charge in [0, 0.05) is 20.6 Å². The SMILES string of the molecule is CN=C(NC)NCCCc1ccc(Cl)c(Cl)c1.I. The van der Waals surface area contributed by atoms with E-state index >= 15 is 0 Å². The Kier molecular flexibility index (Phi) is 9.59. The van der Waals surface area contributed by atoms with Crippen molar-refractivity contribution >= 4 is 53.1 Å². The van der Waals surface area contributed by atoms with Gasteiger partial charge in [-0.2, -0.15) is 0 Å². The first kappa shape index (κ1) is 17.8. The highest BCUT2D eigenvalue weighted by molar-refractivity contribution is 14.0. The van der Waals surface area contributed by atoms with E-state index in [1.807, 2.05) is 25.2 Å². The van der Waals surface area contributed by atoms with Gasteiger partial charge in [-0.3, -0.25) is 4.99 Å². The van der Waals surface area contributed by atoms with Crippen LogP contribution in [0.1, 0.15) is 12.0 Å². The number of benzene rings is 1. The zero-order chi connectivity index (χ0) is 12.7. The van der Waals surface area contributed by atoms with Crippen LogP contribution in [0.5, 0.6) is 0 Å². The summed E-state index contributed by atoms with van der Waals surface area (Å²) >= 11 is 11.8. The largest absolute Gasteiger partial charge is 0.359 e. The van der Waals surface area contributed by atoms with Gasteiger partial charge in [-0.25, -0.2) is 0 Å². The van der Waals surface area contributed by atoms with E-state index in [0.29, 0.717) is 10.0 Å². The Morgan fingerprint density at radius 3 is 2.56 bits per heavy atom. The molecule has 0 radical (unpaired) electrons. The summed E-state index contributed by atoms with van der Waals surface area (Å²) in [5.74, 6) is 0.805. The molecule has 102 valence electrons. The highest BCUT2D eigenvalue weighted by Gasteiger charge is 1.99. The van der Waals surface area contributed by atoms with Crippen LogP contribution < -0.4 is 10.6 Å². The van der Waals surface area contributed by atoms with Gasteiger partial charge in [0.05, 0.1) is 10.0 Å². The van der Waals surface area contributed by atoms with Crippen molar-refractivity contribution in [2.24, 2.45) is 4.99 Å². The highest BCUT2D eigenvalue weighted by atomic mass is 127. The average molecular weight is 402 g/mol. The summed E-state index contributed by atoms with van der Waals surface area (Å²) in [7, 11) is 3.59. The first-order chi connectivity index (χ1) is 8.17. The number of hydrogen-bond donors (Lipinski definition) is 2. The summed E-state index contributed by atoms with van der Waals surface area (Å²) in [5, 5.41) is 7.38. The molecule has 0 saturated heterocycles. The number of halogens is 3. The van der Waals surface area contributed by atoms with Crippen LogP contribution in [0.3, 0.4) is 0 Å². The van der Waals surface area contributed by atoms with Crippen LogP contribution in [0.2, 0.25) is 10.0 Å². The molecule has 3 nitrogen and oxygen atoms in total. The molecule has 0 saturated carbocycles. The topological polar surface area (TPSA) is 36.4 Å². The zero-order valence-electron chi connectivity index (χ0n) is 10.5. The summed E-state index contributed by atoms with van der Waals surface area (Å²) < 4.78 is 0. The Hall–Kier alpha value is -0.200. The molecular formula is C12H18Cl2IN3. The van der Waals surface area contributed by atoms with E-state index in [9.17, 15) is 0 Å². The number of aliphatic imine (C=N–C) groups is 1. The maximum absolute atomic E-state index is 5.95. The normalized spacial score (nSPS) is 10.8. The Bertz CT molecular complexity index is 397. The number of aryl methyl sites for hydroxylation is 1. The predicted octanol–water partition coefficient (Wildman–Crippen LogP) is 3.34. The second kappa shape index (κ2) is 9.69. The fraction of sp³-hybridized carbons (Fsp3) is 0.417. The maximum Gasteiger partial charge on any atom is 0.190 e. The van der Waals surface area contributed by atoms with Crippen molar-refractivity contribution in [3.05, 3.63) is 33.8 Å². The molecule has 0 spiro atoms. The molecule has 0 amide bonds. The van der Waals surface area contributed by atoms with E-state index in [2.05, 4.69) is 15.6 Å². The molecule has 6 heteroatoms. The quantitative estimate of drug-likeness (QED) is 0.351. The third-order valence-electron chi connectivity index (χ3n) is 2.38. The van der Waals surface area contributed by atoms with Crippen molar-refractivity contribution in [1.29, 1.82) is 0 Å². The number of nitrogens with one attached hydrogen (secondary N) is 2. The van der Waals surface area contributed by atoms with Gasteiger partial charge in [0.25, 0.3) is 0 Å². The van der Waals surface area contributed by atoms with Crippen molar-refractivity contribution in [1.82, 2.24) is 10.6 Å². The number of rotatable bonds is 4. The lowest BCUT2D eigenvalue weighted by Gasteiger charge is -2.08. The van der Waals surface area contributed by atoms with Crippen LogP contribution in [0.4, 0.5) is 0 Å². The first-order valence-electron chi connectivity index (χ1n) is 5.49. The van der Waals surface area contributed by atoms with Gasteiger partial charge >= 0.3 is 0 Å². The summed E-state index contributed by atoms with van der Waals surface area (Å²) in [6.07, 6.45) is 1.98. The molecule has 1 aromatic carbocycles. The van der Waals surface area contributed by atoms with Crippen LogP contribution >= 0.6 is 47.2 Å². The fourth-order valence-electron chi connectivity index (χ4n) is 1.47. The van der Waals surface area contributed by atoms with Gasteiger partial charge < -0.3 is 10.6 Å². The highest BCUT2D eigenvalue weighted by Crippen LogP contribution is 2.22. The second-order valence-corrected chi connectivity index (χ2v) is 4.42. The smallest absolute Gasteiger partial charge is 0.190 e. The predicted molar refractivity (Wildman–Crippen MR) is 90.6 cm³/mol. The van der Waals surface area contributed by atoms with Crippen LogP contribution in [-0.4, -0.2) is 26.6 Å². The molecule has 2 N–H and O–H groups in total. The van der Waals surface area contributed by atoms with Gasteiger partial charge in [0.15, 0.2) is 5.96 Å². The van der Waals surface area contributed by atoms with E-state index in [-0.39, 0.29) is 24.0 Å². The van der Waals surface area contributed by atoms with Crippen LogP contribution in [-0.2, 0) is 6.42 Å². The minimum Gasteiger partial charge on any atom is -0.359 e. The van der Waals surface area contributed by atoms with Crippen molar-refractivity contribution in [2.45, 2.75) is 12.8 Å². The lowest BCUT2D eigenvalue weighted by molar-refractivity contribution is 0.758. The van der Waals surface area contributed by atoms with Crippen LogP contribution in [0.15, 0.2) is 23.2 Å². The summed E-state index contributed by atoms with van der Waals surface area (Å²) in [4.78, 5) is 4.03. The van der Waals surface area contributed by atoms with Crippen molar-refractivity contribution in [3.8, 4) is 0 Å². The molecule has 18 heavy (non-hydrogen) atoms. The van der Waals surface area contributed by atoms with Gasteiger partial charge in [0.2, 0.25) is 0 Å². The molecular weight excluding hydrogens is 384 g/mol. The minimum absolute atomic E-state index is 0. The fourth-order valence-corrected chi connectivity index (χ4v) is 1.79. The van der Waals surface area contributed by atoms with E-state index < -0.39 is 0 Å². The Morgan fingerprint density at radius 2 is 2.00 bits per heavy atom. The van der Waals surface area contributed by atoms with Crippen molar-refractivity contribution in [2.75, 3.05) is 20.6 Å². The Balaban J connectivity index is 0.00000289. The monoisotopic (exact) mass is 401 g/mol. The molecule has 0 aliphatic heterocycles. The van der Waals surface area contributed by atoms with Gasteiger partial charge in [-0.05, 0) is 30.5 Å². The zero-order valence-corrected chi connectivity index (χ0v) is 14.3. The lowest BCUT2D eigenvalue weighted by atomic mass is 10.1. The standard InChI is InChI=1S/C12H17Cl2N3.HI/c1-15-12(16-2)17-7-3-4-9-5-6-10(13)11(14)8-9;/h5-6,8H,3-4,7H2,1-2H3,(H2,15,16,17);1H. The summed E-state index contributed by atoms with van der Waals surface area (Å²) in [6, 6.07) is 5.75. The number of nitrogens with zero attached hydrogens (tertiary/aromatic N) is 1. The first-order valence-corrected chi connectivity index (χ1v) is 6.25. The molecule has 1 rings (SSSR count). The molecule has 1 aromatic rings. The molecule has 0 aromatic heterocycles. The summed E-state index contributed by atoms with van der Waals surface area (Å²) in [6.45, 7) is 0.869. The molecule has 0 fully saturated rings. The maximum atomic E-state index is 5.95. The van der Waals surface area contributed by atoms with E-state index in [1.54, 1.807) is 7.05 Å². The van der Waals surface area contributed by atoms with Crippen molar-refractivity contribution in [3.63, 3.8) is 0 Å². The number of guanidine groups is 1. The van der Waals surface area contributed by atoms with Crippen LogP contribution in [0.25, 0.3) is 0 Å². The van der Waals surface area contributed by atoms with Gasteiger partial charge in [-0.15, -0.1) is 24.0 Å². The average Bonchev–Trinajstić information content (AvgIpc) is 2.34. The number of hydrogen-bond acceptors (Lipinski definition) is 1.